The van der Waals surface area contributed by atoms with Gasteiger partial charge < -0.3 is 13.9 Å². The highest BCUT2D eigenvalue weighted by molar-refractivity contribution is 6.99. The van der Waals surface area contributed by atoms with E-state index < -0.39 is 13.9 Å². The number of Topliss-reactive ketones (excluding diaryl/α,β-unsaturated/α-hetero) is 1. The lowest BCUT2D eigenvalue weighted by Gasteiger charge is -2.46. The molecule has 0 aromatic heterocycles. The van der Waals surface area contributed by atoms with Crippen LogP contribution in [0.1, 0.15) is 60.3 Å². The Morgan fingerprint density at radius 1 is 1.03 bits per heavy atom. The Morgan fingerprint density at radius 2 is 1.62 bits per heavy atom. The minimum Gasteiger partial charge on any atom is -0.407 e. The second-order valence-electron chi connectivity index (χ2n) is 11.3. The highest BCUT2D eigenvalue weighted by Gasteiger charge is 2.51. The maximum absolute atomic E-state index is 13.1. The van der Waals surface area contributed by atoms with Crippen molar-refractivity contribution in [2.24, 2.45) is 5.92 Å². The second-order valence-corrected chi connectivity index (χ2v) is 15.7. The van der Waals surface area contributed by atoms with Gasteiger partial charge in [-0.1, -0.05) is 88.4 Å². The molecule has 0 spiro atoms. The lowest BCUT2D eigenvalue weighted by molar-refractivity contribution is -0.204. The van der Waals surface area contributed by atoms with Crippen LogP contribution in [0, 0.1) is 5.92 Å². The highest BCUT2D eigenvalue weighted by Crippen LogP contribution is 2.39. The van der Waals surface area contributed by atoms with Crippen molar-refractivity contribution in [2.45, 2.75) is 83.1 Å². The van der Waals surface area contributed by atoms with Crippen LogP contribution in [0.3, 0.4) is 0 Å². The molecule has 184 valence electrons. The van der Waals surface area contributed by atoms with Gasteiger partial charge in [0.25, 0.3) is 8.32 Å². The quantitative estimate of drug-likeness (QED) is 0.530. The first kappa shape index (κ1) is 25.3. The van der Waals surface area contributed by atoms with Crippen LogP contribution in [0.5, 0.6) is 0 Å². The SMILES string of the molecule is C[C@@H](CO[Si](c1ccccc1)(c1ccccc1)C(C)(C)C)C[C@]1(C)O[C@@H]2CCCO[C@H]2CC1=O. The standard InChI is InChI=1S/C29H40O4Si/c1-22(20-29(5)27(30)19-26-25(33-29)17-12-18-31-26)21-32-34(28(2,3)4,23-13-8-6-9-14-23)24-15-10-7-11-16-24/h6-11,13-16,22,25-26H,12,17-21H2,1-5H3/t22-,25-,26+,29+/m1/s1. The molecule has 0 amide bonds. The Kier molecular flexibility index (Phi) is 7.49. The maximum Gasteiger partial charge on any atom is 0.261 e. The molecule has 2 aliphatic rings. The van der Waals surface area contributed by atoms with E-state index in [1.807, 2.05) is 6.92 Å². The summed E-state index contributed by atoms with van der Waals surface area (Å²) in [5, 5.41) is 2.49. The van der Waals surface area contributed by atoms with Gasteiger partial charge in [-0.3, -0.25) is 4.79 Å². The van der Waals surface area contributed by atoms with E-state index in [0.29, 0.717) is 19.4 Å². The van der Waals surface area contributed by atoms with Crippen LogP contribution in [0.15, 0.2) is 60.7 Å². The molecule has 0 N–H and O–H groups in total. The first-order chi connectivity index (χ1) is 16.2. The van der Waals surface area contributed by atoms with Crippen LogP contribution in [-0.2, 0) is 18.7 Å². The molecule has 0 saturated carbocycles. The maximum atomic E-state index is 13.1. The smallest absolute Gasteiger partial charge is 0.261 e. The lowest BCUT2D eigenvalue weighted by atomic mass is 9.82. The fourth-order valence-electron chi connectivity index (χ4n) is 5.85. The number of hydrogen-bond donors (Lipinski definition) is 0. The van der Waals surface area contributed by atoms with Crippen LogP contribution >= 0.6 is 0 Å². The number of carbonyl (C=O) groups excluding carboxylic acids is 1. The molecule has 0 aliphatic carbocycles. The van der Waals surface area contributed by atoms with Crippen molar-refractivity contribution in [3.8, 4) is 0 Å². The Hall–Kier alpha value is -1.79. The van der Waals surface area contributed by atoms with Crippen molar-refractivity contribution in [1.29, 1.82) is 0 Å². The summed E-state index contributed by atoms with van der Waals surface area (Å²) in [6.07, 6.45) is 3.05. The first-order valence-electron chi connectivity index (χ1n) is 12.7. The molecule has 2 heterocycles. The number of fused-ring (bicyclic) bond motifs is 1. The molecule has 34 heavy (non-hydrogen) atoms. The fraction of sp³-hybridized carbons (Fsp3) is 0.552. The highest BCUT2D eigenvalue weighted by atomic mass is 28.4. The van der Waals surface area contributed by atoms with Crippen molar-refractivity contribution in [3.63, 3.8) is 0 Å². The van der Waals surface area contributed by atoms with E-state index in [1.165, 1.54) is 10.4 Å². The third-order valence-corrected chi connectivity index (χ3v) is 12.5. The number of benzene rings is 2. The molecule has 4 atom stereocenters. The van der Waals surface area contributed by atoms with Crippen LogP contribution in [0.4, 0.5) is 0 Å². The summed E-state index contributed by atoms with van der Waals surface area (Å²) in [4.78, 5) is 13.1. The van der Waals surface area contributed by atoms with Crippen molar-refractivity contribution in [2.75, 3.05) is 13.2 Å². The molecule has 4 rings (SSSR count). The van der Waals surface area contributed by atoms with Crippen LogP contribution in [0.25, 0.3) is 0 Å². The molecule has 2 aliphatic heterocycles. The third-order valence-electron chi connectivity index (χ3n) is 7.51. The number of ketones is 1. The minimum absolute atomic E-state index is 0.0289. The molecule has 0 radical (unpaired) electrons. The van der Waals surface area contributed by atoms with Crippen LogP contribution in [-0.4, -0.2) is 45.1 Å². The van der Waals surface area contributed by atoms with Gasteiger partial charge in [-0.05, 0) is 47.5 Å². The Balaban J connectivity index is 1.56. The fourth-order valence-corrected chi connectivity index (χ4v) is 10.5. The summed E-state index contributed by atoms with van der Waals surface area (Å²) in [5.74, 6) is 0.338. The lowest BCUT2D eigenvalue weighted by Crippen LogP contribution is -2.67. The molecule has 5 heteroatoms. The normalized spacial score (nSPS) is 26.7. The monoisotopic (exact) mass is 480 g/mol. The van der Waals surface area contributed by atoms with Crippen molar-refractivity contribution < 1.29 is 18.7 Å². The largest absolute Gasteiger partial charge is 0.407 e. The van der Waals surface area contributed by atoms with E-state index in [9.17, 15) is 4.79 Å². The second kappa shape index (κ2) is 10.1. The van der Waals surface area contributed by atoms with E-state index in [-0.39, 0.29) is 28.9 Å². The van der Waals surface area contributed by atoms with E-state index in [0.717, 1.165) is 19.4 Å². The topological polar surface area (TPSA) is 44.8 Å². The molecular formula is C29H40O4Si. The molecule has 2 saturated heterocycles. The molecular weight excluding hydrogens is 440 g/mol. The van der Waals surface area contributed by atoms with Gasteiger partial charge in [-0.2, -0.15) is 0 Å². The molecule has 2 aromatic rings. The van der Waals surface area contributed by atoms with Gasteiger partial charge in [0, 0.05) is 19.6 Å². The average Bonchev–Trinajstić information content (AvgIpc) is 2.81. The van der Waals surface area contributed by atoms with Crippen molar-refractivity contribution >= 4 is 24.5 Å². The van der Waals surface area contributed by atoms with Crippen molar-refractivity contribution in [1.82, 2.24) is 0 Å². The zero-order valence-corrected chi connectivity index (χ0v) is 22.4. The zero-order valence-electron chi connectivity index (χ0n) is 21.4. The predicted molar refractivity (Wildman–Crippen MR) is 139 cm³/mol. The van der Waals surface area contributed by atoms with E-state index >= 15 is 0 Å². The third kappa shape index (κ3) is 4.94. The van der Waals surface area contributed by atoms with Crippen molar-refractivity contribution in [3.05, 3.63) is 60.7 Å². The number of hydrogen-bond acceptors (Lipinski definition) is 4. The van der Waals surface area contributed by atoms with Gasteiger partial charge >= 0.3 is 0 Å². The first-order valence-corrected chi connectivity index (χ1v) is 14.6. The van der Waals surface area contributed by atoms with E-state index in [2.05, 4.69) is 88.4 Å². The van der Waals surface area contributed by atoms with Crippen LogP contribution in [0.2, 0.25) is 5.04 Å². The van der Waals surface area contributed by atoms with Gasteiger partial charge in [-0.25, -0.2) is 0 Å². The van der Waals surface area contributed by atoms with Crippen LogP contribution < -0.4 is 10.4 Å². The van der Waals surface area contributed by atoms with E-state index in [4.69, 9.17) is 13.9 Å². The molecule has 4 nitrogen and oxygen atoms in total. The summed E-state index contributed by atoms with van der Waals surface area (Å²) in [5.41, 5.74) is -0.768. The minimum atomic E-state index is -2.59. The number of carbonyl (C=O) groups is 1. The Bertz CT molecular complexity index is 916. The summed E-state index contributed by atoms with van der Waals surface area (Å²) >= 11 is 0. The van der Waals surface area contributed by atoms with Gasteiger partial charge in [-0.15, -0.1) is 0 Å². The molecule has 0 bridgehead atoms. The predicted octanol–water partition coefficient (Wildman–Crippen LogP) is 4.88. The number of rotatable bonds is 7. The Labute approximate surface area is 206 Å². The molecule has 0 unspecified atom stereocenters. The van der Waals surface area contributed by atoms with Gasteiger partial charge in [0.05, 0.1) is 12.2 Å². The summed E-state index contributed by atoms with van der Waals surface area (Å²) in [6, 6.07) is 21.4. The van der Waals surface area contributed by atoms with Gasteiger partial charge in [0.2, 0.25) is 0 Å². The Morgan fingerprint density at radius 3 is 2.18 bits per heavy atom. The summed E-state index contributed by atoms with van der Waals surface area (Å²) in [6.45, 7) is 12.4. The molecule has 2 aromatic carbocycles. The molecule has 2 fully saturated rings. The zero-order chi connectivity index (χ0) is 24.4. The average molecular weight is 481 g/mol. The summed E-state index contributed by atoms with van der Waals surface area (Å²) < 4.78 is 19.3. The summed E-state index contributed by atoms with van der Waals surface area (Å²) in [7, 11) is -2.59. The van der Waals surface area contributed by atoms with E-state index in [1.54, 1.807) is 0 Å². The van der Waals surface area contributed by atoms with Gasteiger partial charge in [0.1, 0.15) is 5.60 Å². The van der Waals surface area contributed by atoms with Gasteiger partial charge in [0.15, 0.2) is 5.78 Å². The number of ether oxygens (including phenoxy) is 2.